The van der Waals surface area contributed by atoms with E-state index in [9.17, 15) is 9.59 Å². The van der Waals surface area contributed by atoms with Crippen molar-refractivity contribution in [2.24, 2.45) is 0 Å². The molecular formula is C17H19N3O3. The number of aromatic nitrogens is 1. The second kappa shape index (κ2) is 6.64. The van der Waals surface area contributed by atoms with Crippen LogP contribution in [0.15, 0.2) is 30.5 Å². The predicted octanol–water partition coefficient (Wildman–Crippen LogP) is 1.60. The topological polar surface area (TPSA) is 71.5 Å². The lowest BCUT2D eigenvalue weighted by Gasteiger charge is -2.15. The average molecular weight is 313 g/mol. The van der Waals surface area contributed by atoms with Crippen LogP contribution in [0.1, 0.15) is 23.2 Å². The molecule has 120 valence electrons. The number of benzene rings is 1. The minimum Gasteiger partial charge on any atom is -0.497 e. The number of fused-ring (bicyclic) bond motifs is 1. The zero-order chi connectivity index (χ0) is 16.2. The molecule has 1 saturated heterocycles. The summed E-state index contributed by atoms with van der Waals surface area (Å²) in [5, 5.41) is 3.41. The highest BCUT2D eigenvalue weighted by molar-refractivity contribution is 6.07. The molecule has 1 N–H and O–H groups in total. The minimum atomic E-state index is -0.279. The van der Waals surface area contributed by atoms with Crippen LogP contribution in [0.4, 0.5) is 0 Å². The third-order valence-corrected chi connectivity index (χ3v) is 4.05. The third-order valence-electron chi connectivity index (χ3n) is 4.05. The largest absolute Gasteiger partial charge is 0.497 e. The van der Waals surface area contributed by atoms with Gasteiger partial charge in [-0.15, -0.1) is 0 Å². The van der Waals surface area contributed by atoms with Crippen molar-refractivity contribution < 1.29 is 14.3 Å². The molecule has 0 radical (unpaired) electrons. The van der Waals surface area contributed by atoms with Gasteiger partial charge < -0.3 is 15.0 Å². The molecule has 2 heterocycles. The summed E-state index contributed by atoms with van der Waals surface area (Å²) < 4.78 is 5.20. The number of hydrogen-bond acceptors (Lipinski definition) is 4. The maximum absolute atomic E-state index is 12.4. The second-order valence-electron chi connectivity index (χ2n) is 5.51. The van der Waals surface area contributed by atoms with E-state index >= 15 is 0 Å². The van der Waals surface area contributed by atoms with E-state index in [1.54, 1.807) is 42.5 Å². The molecule has 2 aromatic rings. The number of ether oxygens (including phenoxy) is 1. The minimum absolute atomic E-state index is 0.0205. The number of methoxy groups -OCH3 is 1. The van der Waals surface area contributed by atoms with Gasteiger partial charge in [-0.2, -0.15) is 0 Å². The predicted molar refractivity (Wildman–Crippen MR) is 86.4 cm³/mol. The number of pyridine rings is 1. The van der Waals surface area contributed by atoms with Gasteiger partial charge in [0.25, 0.3) is 5.91 Å². The van der Waals surface area contributed by atoms with E-state index in [-0.39, 0.29) is 18.4 Å². The van der Waals surface area contributed by atoms with Crippen LogP contribution < -0.4 is 10.1 Å². The Morgan fingerprint density at radius 1 is 1.26 bits per heavy atom. The van der Waals surface area contributed by atoms with Gasteiger partial charge in [0.1, 0.15) is 5.75 Å². The normalized spacial score (nSPS) is 14.0. The van der Waals surface area contributed by atoms with Gasteiger partial charge in [0.2, 0.25) is 5.91 Å². The highest BCUT2D eigenvalue weighted by Gasteiger charge is 2.19. The van der Waals surface area contributed by atoms with E-state index in [0.29, 0.717) is 22.2 Å². The summed E-state index contributed by atoms with van der Waals surface area (Å²) in [6.45, 7) is 1.58. The molecule has 1 aromatic heterocycles. The first-order valence-corrected chi connectivity index (χ1v) is 7.68. The number of rotatable bonds is 4. The van der Waals surface area contributed by atoms with E-state index in [1.165, 1.54) is 0 Å². The molecule has 1 aliphatic rings. The zero-order valence-corrected chi connectivity index (χ0v) is 13.0. The molecule has 1 fully saturated rings. The molecule has 0 spiro atoms. The van der Waals surface area contributed by atoms with Gasteiger partial charge in [-0.05, 0) is 37.1 Å². The van der Waals surface area contributed by atoms with Crippen LogP contribution in [-0.4, -0.2) is 48.4 Å². The van der Waals surface area contributed by atoms with Gasteiger partial charge in [0.05, 0.1) is 24.7 Å². The average Bonchev–Trinajstić information content (AvgIpc) is 3.13. The van der Waals surface area contributed by atoms with Gasteiger partial charge in [-0.3, -0.25) is 14.6 Å². The van der Waals surface area contributed by atoms with Gasteiger partial charge in [0, 0.05) is 24.7 Å². The highest BCUT2D eigenvalue weighted by atomic mass is 16.5. The number of nitrogens with zero attached hydrogens (tertiary/aromatic N) is 2. The van der Waals surface area contributed by atoms with Gasteiger partial charge in [-0.25, -0.2) is 0 Å². The van der Waals surface area contributed by atoms with Crippen LogP contribution in [0, 0.1) is 0 Å². The van der Waals surface area contributed by atoms with Crippen LogP contribution in [0.5, 0.6) is 5.75 Å². The SMILES string of the molecule is COc1ccc2nccc(C(=O)NCC(=O)N3CCCC3)c2c1. The quantitative estimate of drug-likeness (QED) is 0.930. The molecule has 3 rings (SSSR count). The fourth-order valence-electron chi connectivity index (χ4n) is 2.78. The molecule has 1 aliphatic heterocycles. The fourth-order valence-corrected chi connectivity index (χ4v) is 2.78. The Kier molecular flexibility index (Phi) is 4.41. The van der Waals surface area contributed by atoms with Crippen molar-refractivity contribution in [3.63, 3.8) is 0 Å². The number of nitrogens with one attached hydrogen (secondary N) is 1. The standard InChI is InChI=1S/C17H19N3O3/c1-23-12-4-5-15-14(10-12)13(6-7-18-15)17(22)19-11-16(21)20-8-2-3-9-20/h4-7,10H,2-3,8-9,11H2,1H3,(H,19,22). The fraction of sp³-hybridized carbons (Fsp3) is 0.353. The number of carbonyl (C=O) groups excluding carboxylic acids is 2. The zero-order valence-electron chi connectivity index (χ0n) is 13.0. The summed E-state index contributed by atoms with van der Waals surface area (Å²) in [6.07, 6.45) is 3.66. The van der Waals surface area contributed by atoms with E-state index in [0.717, 1.165) is 25.9 Å². The molecule has 23 heavy (non-hydrogen) atoms. The maximum Gasteiger partial charge on any atom is 0.252 e. The molecule has 0 unspecified atom stereocenters. The lowest BCUT2D eigenvalue weighted by molar-refractivity contribution is -0.129. The Balaban J connectivity index is 1.76. The summed E-state index contributed by atoms with van der Waals surface area (Å²) in [4.78, 5) is 30.5. The molecule has 0 bridgehead atoms. The summed E-state index contributed by atoms with van der Waals surface area (Å²) in [6, 6.07) is 7.03. The maximum atomic E-state index is 12.4. The van der Waals surface area contributed by atoms with Crippen LogP contribution in [0.2, 0.25) is 0 Å². The van der Waals surface area contributed by atoms with Crippen LogP contribution in [0.3, 0.4) is 0 Å². The van der Waals surface area contributed by atoms with E-state index < -0.39 is 0 Å². The van der Waals surface area contributed by atoms with Crippen molar-refractivity contribution in [3.05, 3.63) is 36.0 Å². The number of carbonyl (C=O) groups is 2. The monoisotopic (exact) mass is 313 g/mol. The van der Waals surface area contributed by atoms with Crippen molar-refractivity contribution in [2.75, 3.05) is 26.7 Å². The Hall–Kier alpha value is -2.63. The Bertz CT molecular complexity index is 739. The molecule has 0 atom stereocenters. The van der Waals surface area contributed by atoms with Gasteiger partial charge >= 0.3 is 0 Å². The summed E-state index contributed by atoms with van der Waals surface area (Å²) in [7, 11) is 1.58. The Labute approximate surface area is 134 Å². The summed E-state index contributed by atoms with van der Waals surface area (Å²) in [5.41, 5.74) is 1.20. The molecular weight excluding hydrogens is 294 g/mol. The molecule has 0 saturated carbocycles. The first-order valence-electron chi connectivity index (χ1n) is 7.68. The lowest BCUT2D eigenvalue weighted by Crippen LogP contribution is -2.38. The molecule has 6 nitrogen and oxygen atoms in total. The van der Waals surface area contributed by atoms with Crippen molar-refractivity contribution >= 4 is 22.7 Å². The molecule has 0 aliphatic carbocycles. The van der Waals surface area contributed by atoms with Crippen molar-refractivity contribution in [1.29, 1.82) is 0 Å². The number of likely N-dealkylation sites (tertiary alicyclic amines) is 1. The van der Waals surface area contributed by atoms with Crippen LogP contribution in [0.25, 0.3) is 10.9 Å². The second-order valence-corrected chi connectivity index (χ2v) is 5.51. The number of amides is 2. The van der Waals surface area contributed by atoms with Crippen LogP contribution in [-0.2, 0) is 4.79 Å². The van der Waals surface area contributed by atoms with E-state index in [2.05, 4.69) is 10.3 Å². The molecule has 6 heteroatoms. The number of hydrogen-bond donors (Lipinski definition) is 1. The van der Waals surface area contributed by atoms with Crippen LogP contribution >= 0.6 is 0 Å². The van der Waals surface area contributed by atoms with Gasteiger partial charge in [0.15, 0.2) is 0 Å². The Morgan fingerprint density at radius 3 is 2.78 bits per heavy atom. The van der Waals surface area contributed by atoms with Crippen molar-refractivity contribution in [2.45, 2.75) is 12.8 Å². The summed E-state index contributed by atoms with van der Waals surface area (Å²) in [5.74, 6) is 0.345. The van der Waals surface area contributed by atoms with Gasteiger partial charge in [-0.1, -0.05) is 0 Å². The lowest BCUT2D eigenvalue weighted by atomic mass is 10.1. The van der Waals surface area contributed by atoms with E-state index in [1.807, 2.05) is 0 Å². The Morgan fingerprint density at radius 2 is 2.04 bits per heavy atom. The smallest absolute Gasteiger partial charge is 0.252 e. The van der Waals surface area contributed by atoms with Crippen molar-refractivity contribution in [3.8, 4) is 5.75 Å². The highest BCUT2D eigenvalue weighted by Crippen LogP contribution is 2.22. The first-order chi connectivity index (χ1) is 11.2. The van der Waals surface area contributed by atoms with Crippen molar-refractivity contribution in [1.82, 2.24) is 15.2 Å². The molecule has 2 amide bonds. The first kappa shape index (κ1) is 15.3. The third kappa shape index (κ3) is 3.26. The molecule has 1 aromatic carbocycles. The summed E-state index contributed by atoms with van der Waals surface area (Å²) >= 11 is 0. The van der Waals surface area contributed by atoms with E-state index in [4.69, 9.17) is 4.74 Å².